The van der Waals surface area contributed by atoms with Crippen molar-refractivity contribution in [3.05, 3.63) is 54.6 Å². The van der Waals surface area contributed by atoms with Gasteiger partial charge in [0.15, 0.2) is 0 Å². The van der Waals surface area contributed by atoms with E-state index in [0.717, 1.165) is 0 Å². The van der Waals surface area contributed by atoms with Crippen molar-refractivity contribution in [2.75, 3.05) is 0 Å². The van der Waals surface area contributed by atoms with E-state index in [0.29, 0.717) is 5.46 Å². The molecule has 0 aliphatic carbocycles. The van der Waals surface area contributed by atoms with Gasteiger partial charge < -0.3 is 10.0 Å². The zero-order valence-corrected chi connectivity index (χ0v) is 7.17. The summed E-state index contributed by atoms with van der Waals surface area (Å²) < 4.78 is 0. The molecular weight excluding hydrogens is 163 g/mol. The lowest BCUT2D eigenvalue weighted by molar-refractivity contribution is 0.426. The smallest absolute Gasteiger partial charge is 0.400 e. The second-order valence-corrected chi connectivity index (χ2v) is 2.55. The highest BCUT2D eigenvalue weighted by molar-refractivity contribution is 6.58. The van der Waals surface area contributed by atoms with Gasteiger partial charge in [-0.2, -0.15) is 41.9 Å². The topological polar surface area (TPSA) is 40.5 Å². The first-order valence-electron chi connectivity index (χ1n) is 4.05. The first-order chi connectivity index (χ1) is 6.30. The van der Waals surface area contributed by atoms with Crippen LogP contribution in [-0.4, -0.2) is 17.2 Å². The summed E-state index contributed by atoms with van der Waals surface area (Å²) in [5.41, 5.74) is 0.546. The number of rotatable bonds is 1. The van der Waals surface area contributed by atoms with Crippen LogP contribution in [0.2, 0.25) is 0 Å². The molecule has 2 N–H and O–H groups in total. The lowest BCUT2D eigenvalue weighted by Gasteiger charge is -1.97. The van der Waals surface area contributed by atoms with Gasteiger partial charge in [0, 0.05) is 0 Å². The Morgan fingerprint density at radius 1 is 1.00 bits per heavy atom. The molecule has 0 amide bonds. The summed E-state index contributed by atoms with van der Waals surface area (Å²) in [6.45, 7) is 0. The second-order valence-electron chi connectivity index (χ2n) is 2.55. The van der Waals surface area contributed by atoms with E-state index in [-0.39, 0.29) is 0 Å². The number of hydrogen-bond acceptors (Lipinski definition) is 2. The molecule has 68 valence electrons. The van der Waals surface area contributed by atoms with Crippen LogP contribution in [0, 0.1) is 0 Å². The average Bonchev–Trinajstić information content (AvgIpc) is 2.82. The molecule has 0 atom stereocenters. The van der Waals surface area contributed by atoms with Crippen LogP contribution < -0.4 is 5.46 Å². The van der Waals surface area contributed by atoms with Crippen LogP contribution in [0.25, 0.3) is 0 Å². The van der Waals surface area contributed by atoms with Crippen molar-refractivity contribution >= 4 is 12.6 Å². The molecule has 0 fully saturated rings. The Hall–Kier alpha value is -1.32. The maximum Gasteiger partial charge on any atom is 0.400 e. The highest BCUT2D eigenvalue weighted by Gasteiger charge is 1.98. The fraction of sp³-hybridized carbons (Fsp3) is 0. The summed E-state index contributed by atoms with van der Waals surface area (Å²) in [5, 5.41) is 16.9. The van der Waals surface area contributed by atoms with E-state index in [1.807, 2.05) is 30.3 Å². The highest BCUT2D eigenvalue weighted by Crippen LogP contribution is 1.82. The van der Waals surface area contributed by atoms with Crippen LogP contribution in [-0.2, 0) is 0 Å². The molecule has 2 aromatic carbocycles. The summed E-state index contributed by atoms with van der Waals surface area (Å²) >= 11 is 0. The molecule has 2 aromatic rings. The van der Waals surface area contributed by atoms with Gasteiger partial charge in [-0.1, -0.05) is 0 Å². The van der Waals surface area contributed by atoms with Gasteiger partial charge in [-0.05, 0) is 0 Å². The second kappa shape index (κ2) is 5.35. The van der Waals surface area contributed by atoms with Crippen LogP contribution >= 0.6 is 0 Å². The zero-order valence-electron chi connectivity index (χ0n) is 7.17. The molecule has 0 unspecified atom stereocenters. The van der Waals surface area contributed by atoms with Gasteiger partial charge in [-0.15, -0.1) is 0 Å². The molecule has 0 radical (unpaired) electrons. The Kier molecular flexibility index (Phi) is 4.02. The third-order valence-electron chi connectivity index (χ3n) is 1.54. The Bertz CT molecular complexity index is 267. The summed E-state index contributed by atoms with van der Waals surface area (Å²) in [7, 11) is -1.31. The van der Waals surface area contributed by atoms with Crippen molar-refractivity contribution in [2.45, 2.75) is 0 Å². The first-order valence-corrected chi connectivity index (χ1v) is 4.05. The van der Waals surface area contributed by atoms with E-state index in [1.165, 1.54) is 0 Å². The molecule has 0 bridgehead atoms. The standard InChI is InChI=1S/C5H6BO2.C5H5/c7-6(8)5-3-1-2-4-5;1-2-4-5-3-1/h1-4,7-8H;1-5H/q2*-1. The molecule has 0 saturated carbocycles. The average molecular weight is 174 g/mol. The van der Waals surface area contributed by atoms with Gasteiger partial charge in [-0.3, -0.25) is 0 Å². The molecule has 3 heteroatoms. The van der Waals surface area contributed by atoms with Gasteiger partial charge in [0.2, 0.25) is 0 Å². The molecule has 13 heavy (non-hydrogen) atoms. The summed E-state index contributed by atoms with van der Waals surface area (Å²) in [6.07, 6.45) is 0. The monoisotopic (exact) mass is 174 g/mol. The minimum Gasteiger partial charge on any atom is -0.434 e. The molecule has 0 aromatic heterocycles. The molecule has 0 aliphatic rings. The van der Waals surface area contributed by atoms with Gasteiger partial charge in [0.25, 0.3) is 0 Å². The molecule has 0 saturated heterocycles. The van der Waals surface area contributed by atoms with Crippen molar-refractivity contribution in [1.29, 1.82) is 0 Å². The number of hydrogen-bond donors (Lipinski definition) is 2. The quantitative estimate of drug-likeness (QED) is 0.487. The Morgan fingerprint density at radius 2 is 1.69 bits per heavy atom. The van der Waals surface area contributed by atoms with E-state index in [1.54, 1.807) is 24.3 Å². The third-order valence-corrected chi connectivity index (χ3v) is 1.54. The summed E-state index contributed by atoms with van der Waals surface area (Å²) in [5.74, 6) is 0. The Balaban J connectivity index is 0.000000145. The fourth-order valence-electron chi connectivity index (χ4n) is 0.882. The van der Waals surface area contributed by atoms with Crippen molar-refractivity contribution in [3.8, 4) is 0 Å². The maximum atomic E-state index is 8.47. The van der Waals surface area contributed by atoms with Gasteiger partial charge >= 0.3 is 7.12 Å². The molecule has 2 nitrogen and oxygen atoms in total. The van der Waals surface area contributed by atoms with Gasteiger partial charge in [0.1, 0.15) is 0 Å². The van der Waals surface area contributed by atoms with E-state index in [9.17, 15) is 0 Å². The van der Waals surface area contributed by atoms with Gasteiger partial charge in [-0.25, -0.2) is 18.2 Å². The minimum atomic E-state index is -1.31. The minimum absolute atomic E-state index is 0.546. The Morgan fingerprint density at radius 3 is 1.92 bits per heavy atom. The van der Waals surface area contributed by atoms with E-state index >= 15 is 0 Å². The lowest BCUT2D eigenvalue weighted by atomic mass is 9.83. The predicted octanol–water partition coefficient (Wildman–Crippen LogP) is 0.491. The summed E-state index contributed by atoms with van der Waals surface area (Å²) in [4.78, 5) is 0. The van der Waals surface area contributed by atoms with Crippen LogP contribution in [0.3, 0.4) is 0 Å². The summed E-state index contributed by atoms with van der Waals surface area (Å²) in [6, 6.07) is 16.8. The largest absolute Gasteiger partial charge is 0.434 e. The fourth-order valence-corrected chi connectivity index (χ4v) is 0.882. The van der Waals surface area contributed by atoms with Crippen molar-refractivity contribution in [1.82, 2.24) is 0 Å². The van der Waals surface area contributed by atoms with Crippen LogP contribution in [0.5, 0.6) is 0 Å². The first kappa shape index (κ1) is 9.77. The van der Waals surface area contributed by atoms with E-state index in [4.69, 9.17) is 10.0 Å². The maximum absolute atomic E-state index is 8.47. The van der Waals surface area contributed by atoms with Crippen LogP contribution in [0.4, 0.5) is 0 Å². The van der Waals surface area contributed by atoms with Crippen LogP contribution in [0.15, 0.2) is 54.6 Å². The Labute approximate surface area is 78.0 Å². The molecule has 2 rings (SSSR count). The molecule has 0 heterocycles. The van der Waals surface area contributed by atoms with Crippen molar-refractivity contribution in [3.63, 3.8) is 0 Å². The van der Waals surface area contributed by atoms with Gasteiger partial charge in [0.05, 0.1) is 0 Å². The van der Waals surface area contributed by atoms with Crippen molar-refractivity contribution < 1.29 is 10.0 Å². The highest BCUT2D eigenvalue weighted by atomic mass is 16.4. The third kappa shape index (κ3) is 3.74. The molecule has 0 aliphatic heterocycles. The van der Waals surface area contributed by atoms with Crippen LogP contribution in [0.1, 0.15) is 0 Å². The predicted molar refractivity (Wildman–Crippen MR) is 53.9 cm³/mol. The van der Waals surface area contributed by atoms with Crippen molar-refractivity contribution in [2.24, 2.45) is 0 Å². The normalized spacial score (nSPS) is 8.77. The molecular formula is C10H11BO2-2. The lowest BCUT2D eigenvalue weighted by Crippen LogP contribution is -2.27. The molecule has 0 spiro atoms. The SMILES string of the molecule is OB(O)c1cc[cH-]c1.c1cc[cH-]c1. The van der Waals surface area contributed by atoms with E-state index in [2.05, 4.69) is 0 Å². The van der Waals surface area contributed by atoms with E-state index < -0.39 is 7.12 Å². The zero-order chi connectivity index (χ0) is 9.52.